The highest BCUT2D eigenvalue weighted by molar-refractivity contribution is 6.04. The van der Waals surface area contributed by atoms with Gasteiger partial charge in [0, 0.05) is 13.2 Å². The van der Waals surface area contributed by atoms with E-state index in [0.717, 1.165) is 4.90 Å². The van der Waals surface area contributed by atoms with Gasteiger partial charge in [0.25, 0.3) is 0 Å². The van der Waals surface area contributed by atoms with Crippen LogP contribution in [-0.2, 0) is 0 Å². The van der Waals surface area contributed by atoms with Gasteiger partial charge in [-0.3, -0.25) is 4.90 Å². The first-order valence-electron chi connectivity index (χ1n) is 5.98. The Morgan fingerprint density at radius 2 is 1.95 bits per heavy atom. The van der Waals surface area contributed by atoms with Crippen LogP contribution in [0, 0.1) is 5.82 Å². The van der Waals surface area contributed by atoms with E-state index in [-0.39, 0.29) is 17.1 Å². The second-order valence-corrected chi connectivity index (χ2v) is 4.15. The highest BCUT2D eigenvalue weighted by Gasteiger charge is 2.18. The lowest BCUT2D eigenvalue weighted by atomic mass is 10.3. The number of halogens is 1. The molecule has 1 aromatic carbocycles. The largest absolute Gasteiger partial charge is 0.476 e. The molecule has 1 heterocycles. The first-order chi connectivity index (χ1) is 10.0. The van der Waals surface area contributed by atoms with Crippen molar-refractivity contribution in [3.63, 3.8) is 0 Å². The van der Waals surface area contributed by atoms with Crippen LogP contribution in [0.1, 0.15) is 10.5 Å². The molecule has 0 bridgehead atoms. The Labute approximate surface area is 119 Å². The standard InChI is InChI=1S/C14H12FN3O3/c1-18(11-7-3-2-5-9(11)15)14(21)17-10-6-4-8-16-12(10)13(19)20/h2-8H,1H3,(H,17,21)(H,19,20). The number of benzene rings is 1. The summed E-state index contributed by atoms with van der Waals surface area (Å²) >= 11 is 0. The van der Waals surface area contributed by atoms with Gasteiger partial charge in [-0.2, -0.15) is 0 Å². The summed E-state index contributed by atoms with van der Waals surface area (Å²) < 4.78 is 13.6. The number of carboxylic acid groups (broad SMARTS) is 1. The van der Waals surface area contributed by atoms with E-state index in [4.69, 9.17) is 5.11 Å². The summed E-state index contributed by atoms with van der Waals surface area (Å²) in [6, 6.07) is 8.00. The minimum absolute atomic E-state index is 0.0400. The first kappa shape index (κ1) is 14.4. The second kappa shape index (κ2) is 6.00. The maximum absolute atomic E-state index is 13.6. The summed E-state index contributed by atoms with van der Waals surface area (Å²) in [4.78, 5) is 27.8. The predicted octanol–water partition coefficient (Wildman–Crippen LogP) is 2.59. The number of amides is 2. The zero-order valence-corrected chi connectivity index (χ0v) is 11.1. The van der Waals surface area contributed by atoms with Gasteiger partial charge in [0.1, 0.15) is 5.82 Å². The molecule has 2 amide bonds. The second-order valence-electron chi connectivity index (χ2n) is 4.15. The zero-order valence-electron chi connectivity index (χ0n) is 11.1. The molecule has 0 aliphatic rings. The SMILES string of the molecule is CN(C(=O)Nc1cccnc1C(=O)O)c1ccccc1F. The lowest BCUT2D eigenvalue weighted by Crippen LogP contribution is -2.32. The average molecular weight is 289 g/mol. The molecule has 0 spiro atoms. The molecule has 0 saturated heterocycles. The number of nitrogens with zero attached hydrogens (tertiary/aromatic N) is 2. The fourth-order valence-corrected chi connectivity index (χ4v) is 1.71. The molecule has 0 aliphatic heterocycles. The predicted molar refractivity (Wildman–Crippen MR) is 75.0 cm³/mol. The molecule has 0 radical (unpaired) electrons. The van der Waals surface area contributed by atoms with Crippen molar-refractivity contribution in [2.45, 2.75) is 0 Å². The summed E-state index contributed by atoms with van der Waals surface area (Å²) in [6.07, 6.45) is 1.31. The number of pyridine rings is 1. The third kappa shape index (κ3) is 3.14. The van der Waals surface area contributed by atoms with Gasteiger partial charge < -0.3 is 10.4 Å². The van der Waals surface area contributed by atoms with Crippen molar-refractivity contribution in [1.29, 1.82) is 0 Å². The molecule has 108 valence electrons. The topological polar surface area (TPSA) is 82.5 Å². The molecule has 0 aliphatic carbocycles. The number of carbonyl (C=O) groups is 2. The average Bonchev–Trinajstić information content (AvgIpc) is 2.47. The van der Waals surface area contributed by atoms with Crippen molar-refractivity contribution in [1.82, 2.24) is 4.98 Å². The van der Waals surface area contributed by atoms with Crippen LogP contribution in [0.4, 0.5) is 20.6 Å². The number of carboxylic acids is 1. The minimum Gasteiger partial charge on any atom is -0.476 e. The zero-order chi connectivity index (χ0) is 15.4. The molecular formula is C14H12FN3O3. The maximum atomic E-state index is 13.6. The van der Waals surface area contributed by atoms with Crippen LogP contribution in [0.5, 0.6) is 0 Å². The van der Waals surface area contributed by atoms with Gasteiger partial charge in [-0.25, -0.2) is 19.0 Å². The summed E-state index contributed by atoms with van der Waals surface area (Å²) in [7, 11) is 1.38. The molecule has 6 nitrogen and oxygen atoms in total. The summed E-state index contributed by atoms with van der Waals surface area (Å²) in [5.41, 5.74) is -0.165. The van der Waals surface area contributed by atoms with Gasteiger partial charge in [0.15, 0.2) is 5.69 Å². The van der Waals surface area contributed by atoms with E-state index in [1.54, 1.807) is 6.07 Å². The molecular weight excluding hydrogens is 277 g/mol. The Kier molecular flexibility index (Phi) is 4.13. The van der Waals surface area contributed by atoms with Crippen molar-refractivity contribution in [2.24, 2.45) is 0 Å². The van der Waals surface area contributed by atoms with E-state index in [0.29, 0.717) is 0 Å². The summed E-state index contributed by atoms with van der Waals surface area (Å²) in [5.74, 6) is -1.82. The molecule has 2 aromatic rings. The normalized spacial score (nSPS) is 10.0. The number of nitrogens with one attached hydrogen (secondary N) is 1. The fourth-order valence-electron chi connectivity index (χ4n) is 1.71. The number of carbonyl (C=O) groups excluding carboxylic acids is 1. The van der Waals surface area contributed by atoms with E-state index in [2.05, 4.69) is 10.3 Å². The van der Waals surface area contributed by atoms with Crippen LogP contribution < -0.4 is 10.2 Å². The monoisotopic (exact) mass is 289 g/mol. The van der Waals surface area contributed by atoms with Crippen LogP contribution >= 0.6 is 0 Å². The molecule has 2 rings (SSSR count). The van der Waals surface area contributed by atoms with Crippen LogP contribution in [0.3, 0.4) is 0 Å². The molecule has 1 aromatic heterocycles. The van der Waals surface area contributed by atoms with Crippen LogP contribution in [-0.4, -0.2) is 29.1 Å². The van der Waals surface area contributed by atoms with Gasteiger partial charge in [-0.15, -0.1) is 0 Å². The van der Waals surface area contributed by atoms with E-state index in [1.165, 1.54) is 43.6 Å². The minimum atomic E-state index is -1.26. The summed E-state index contributed by atoms with van der Waals surface area (Å²) in [6.45, 7) is 0. The smallest absolute Gasteiger partial charge is 0.356 e. The number of urea groups is 1. The van der Waals surface area contributed by atoms with Crippen LogP contribution in [0.15, 0.2) is 42.6 Å². The molecule has 0 saturated carbocycles. The summed E-state index contributed by atoms with van der Waals surface area (Å²) in [5, 5.41) is 11.4. The molecule has 21 heavy (non-hydrogen) atoms. The van der Waals surface area contributed by atoms with Gasteiger partial charge in [0.05, 0.1) is 11.4 Å². The highest BCUT2D eigenvalue weighted by Crippen LogP contribution is 2.19. The van der Waals surface area contributed by atoms with Crippen LogP contribution in [0.25, 0.3) is 0 Å². The lowest BCUT2D eigenvalue weighted by Gasteiger charge is -2.19. The van der Waals surface area contributed by atoms with Gasteiger partial charge >= 0.3 is 12.0 Å². The molecule has 7 heteroatoms. The van der Waals surface area contributed by atoms with Gasteiger partial charge in [-0.1, -0.05) is 12.1 Å². The number of hydrogen-bond donors (Lipinski definition) is 2. The Morgan fingerprint density at radius 1 is 1.24 bits per heavy atom. The first-order valence-corrected chi connectivity index (χ1v) is 5.98. The number of hydrogen-bond acceptors (Lipinski definition) is 3. The Balaban J connectivity index is 2.23. The van der Waals surface area contributed by atoms with Crippen molar-refractivity contribution in [2.75, 3.05) is 17.3 Å². The molecule has 2 N–H and O–H groups in total. The number of anilines is 2. The van der Waals surface area contributed by atoms with Gasteiger partial charge in [0.2, 0.25) is 0 Å². The van der Waals surface area contributed by atoms with Crippen LogP contribution in [0.2, 0.25) is 0 Å². The molecule has 0 fully saturated rings. The number of aromatic nitrogens is 1. The van der Waals surface area contributed by atoms with Crippen molar-refractivity contribution < 1.29 is 19.1 Å². The Morgan fingerprint density at radius 3 is 2.62 bits per heavy atom. The third-order valence-corrected chi connectivity index (χ3v) is 2.77. The van der Waals surface area contributed by atoms with E-state index in [9.17, 15) is 14.0 Å². The van der Waals surface area contributed by atoms with E-state index < -0.39 is 17.8 Å². The van der Waals surface area contributed by atoms with Crippen molar-refractivity contribution in [3.05, 3.63) is 54.1 Å². The highest BCUT2D eigenvalue weighted by atomic mass is 19.1. The molecule has 0 unspecified atom stereocenters. The number of aromatic carboxylic acids is 1. The fraction of sp³-hybridized carbons (Fsp3) is 0.0714. The third-order valence-electron chi connectivity index (χ3n) is 2.77. The van der Waals surface area contributed by atoms with Crippen molar-refractivity contribution >= 4 is 23.4 Å². The quantitative estimate of drug-likeness (QED) is 0.909. The Bertz CT molecular complexity index is 691. The van der Waals surface area contributed by atoms with E-state index >= 15 is 0 Å². The van der Waals surface area contributed by atoms with E-state index in [1.807, 2.05) is 0 Å². The van der Waals surface area contributed by atoms with Gasteiger partial charge in [-0.05, 0) is 24.3 Å². The number of para-hydroxylation sites is 1. The number of rotatable bonds is 3. The Hall–Kier alpha value is -2.96. The van der Waals surface area contributed by atoms with Crippen molar-refractivity contribution in [3.8, 4) is 0 Å². The lowest BCUT2D eigenvalue weighted by molar-refractivity contribution is 0.0691. The molecule has 0 atom stereocenters. The maximum Gasteiger partial charge on any atom is 0.356 e.